The van der Waals surface area contributed by atoms with Crippen molar-refractivity contribution in [2.24, 2.45) is 0 Å². The molecule has 0 bridgehead atoms. The van der Waals surface area contributed by atoms with Gasteiger partial charge in [-0.25, -0.2) is 4.98 Å². The molecule has 1 aromatic heterocycles. The lowest BCUT2D eigenvalue weighted by Gasteiger charge is -2.15. The highest BCUT2D eigenvalue weighted by molar-refractivity contribution is 5.92. The molecule has 0 radical (unpaired) electrons. The number of nitrogens with one attached hydrogen (secondary N) is 1. The van der Waals surface area contributed by atoms with E-state index in [-0.39, 0.29) is 18.0 Å². The average molecular weight is 379 g/mol. The molecule has 3 aromatic rings. The van der Waals surface area contributed by atoms with Crippen LogP contribution in [0.2, 0.25) is 0 Å². The molecule has 7 nitrogen and oxygen atoms in total. The third-order valence-electron chi connectivity index (χ3n) is 4.15. The Bertz CT molecular complexity index is 1050. The van der Waals surface area contributed by atoms with Crippen molar-refractivity contribution in [1.82, 2.24) is 9.55 Å². The molecule has 1 N–H and O–H groups in total. The largest absolute Gasteiger partial charge is 0.497 e. The highest BCUT2D eigenvalue weighted by Crippen LogP contribution is 2.29. The van der Waals surface area contributed by atoms with Crippen molar-refractivity contribution in [2.45, 2.75) is 13.5 Å². The lowest BCUT2D eigenvalue weighted by Crippen LogP contribution is -2.29. The monoisotopic (exact) mass is 379 g/mol. The predicted octanol–water partition coefficient (Wildman–Crippen LogP) is 2.87. The number of ether oxygens (including phenoxy) is 2. The maximum atomic E-state index is 12.7. The van der Waals surface area contributed by atoms with Gasteiger partial charge >= 0.3 is 0 Å². The molecule has 0 aliphatic heterocycles. The first-order valence-corrected chi connectivity index (χ1v) is 8.67. The van der Waals surface area contributed by atoms with Crippen LogP contribution in [0.1, 0.15) is 5.69 Å². The quantitative estimate of drug-likeness (QED) is 0.712. The van der Waals surface area contributed by atoms with Gasteiger partial charge in [0.1, 0.15) is 23.9 Å². The van der Waals surface area contributed by atoms with Gasteiger partial charge in [0.2, 0.25) is 5.91 Å². The molecular weight excluding hydrogens is 358 g/mol. The summed E-state index contributed by atoms with van der Waals surface area (Å²) in [5.74, 6) is 1.14. The summed E-state index contributed by atoms with van der Waals surface area (Å²) in [6, 6.07) is 15.8. The van der Waals surface area contributed by atoms with Crippen LogP contribution < -0.4 is 20.3 Å². The first-order chi connectivity index (χ1) is 13.5. The molecule has 0 saturated carbocycles. The molecule has 1 amide bonds. The number of hydrogen-bond donors (Lipinski definition) is 1. The van der Waals surface area contributed by atoms with Gasteiger partial charge < -0.3 is 14.8 Å². The van der Waals surface area contributed by atoms with E-state index in [4.69, 9.17) is 9.47 Å². The Labute approximate surface area is 162 Å². The minimum atomic E-state index is -0.378. The molecule has 7 heteroatoms. The highest BCUT2D eigenvalue weighted by Gasteiger charge is 2.15. The number of benzene rings is 2. The maximum Gasteiger partial charge on any atom is 0.254 e. The first-order valence-electron chi connectivity index (χ1n) is 8.67. The normalized spacial score (nSPS) is 10.4. The summed E-state index contributed by atoms with van der Waals surface area (Å²) in [6.45, 7) is 1.57. The summed E-state index contributed by atoms with van der Waals surface area (Å²) < 4.78 is 11.8. The van der Waals surface area contributed by atoms with E-state index in [1.165, 1.54) is 24.9 Å². The van der Waals surface area contributed by atoms with E-state index in [9.17, 15) is 9.59 Å². The van der Waals surface area contributed by atoms with Crippen LogP contribution in [0.4, 0.5) is 5.69 Å². The van der Waals surface area contributed by atoms with Gasteiger partial charge in [0.15, 0.2) is 0 Å². The SMILES string of the molecule is COc1ccc(OC)c(NC(=O)Cn2c(-c3ccccc3)nc(C)cc2=O)c1. The molecule has 0 atom stereocenters. The van der Waals surface area contributed by atoms with Crippen LogP contribution in [0.5, 0.6) is 11.5 Å². The molecule has 1 heterocycles. The third kappa shape index (κ3) is 4.20. The smallest absolute Gasteiger partial charge is 0.254 e. The molecule has 0 spiro atoms. The van der Waals surface area contributed by atoms with E-state index in [1.54, 1.807) is 25.1 Å². The van der Waals surface area contributed by atoms with E-state index in [1.807, 2.05) is 30.3 Å². The third-order valence-corrected chi connectivity index (χ3v) is 4.15. The van der Waals surface area contributed by atoms with Gasteiger partial charge in [0.25, 0.3) is 5.56 Å². The van der Waals surface area contributed by atoms with Crippen LogP contribution in [-0.4, -0.2) is 29.7 Å². The van der Waals surface area contributed by atoms with Crippen LogP contribution in [-0.2, 0) is 11.3 Å². The topological polar surface area (TPSA) is 82.4 Å². The number of aromatic nitrogens is 2. The minimum absolute atomic E-state index is 0.184. The van der Waals surface area contributed by atoms with Gasteiger partial charge in [0.05, 0.1) is 19.9 Å². The van der Waals surface area contributed by atoms with Crippen molar-refractivity contribution >= 4 is 11.6 Å². The van der Waals surface area contributed by atoms with Crippen LogP contribution in [0.25, 0.3) is 11.4 Å². The molecule has 0 aliphatic carbocycles. The fourth-order valence-electron chi connectivity index (χ4n) is 2.83. The lowest BCUT2D eigenvalue weighted by atomic mass is 10.2. The van der Waals surface area contributed by atoms with E-state index in [0.717, 1.165) is 5.56 Å². The fourth-order valence-corrected chi connectivity index (χ4v) is 2.83. The Morgan fingerprint density at radius 1 is 1.07 bits per heavy atom. The summed E-state index contributed by atoms with van der Waals surface area (Å²) in [4.78, 5) is 29.7. The molecule has 3 rings (SSSR count). The van der Waals surface area contributed by atoms with Gasteiger partial charge in [0, 0.05) is 23.4 Å². The second-order valence-electron chi connectivity index (χ2n) is 6.13. The molecule has 2 aromatic carbocycles. The fraction of sp³-hybridized carbons (Fsp3) is 0.190. The highest BCUT2D eigenvalue weighted by atomic mass is 16.5. The number of rotatable bonds is 6. The van der Waals surface area contributed by atoms with Crippen LogP contribution in [0.15, 0.2) is 59.4 Å². The number of amides is 1. The van der Waals surface area contributed by atoms with Gasteiger partial charge in [-0.15, -0.1) is 0 Å². The molecule has 0 aliphatic rings. The lowest BCUT2D eigenvalue weighted by molar-refractivity contribution is -0.116. The van der Waals surface area contributed by atoms with E-state index < -0.39 is 0 Å². The van der Waals surface area contributed by atoms with Crippen molar-refractivity contribution in [1.29, 1.82) is 0 Å². The number of carbonyl (C=O) groups excluding carboxylic acids is 1. The number of aryl methyl sites for hydroxylation is 1. The van der Waals surface area contributed by atoms with Gasteiger partial charge in [-0.1, -0.05) is 30.3 Å². The predicted molar refractivity (Wildman–Crippen MR) is 107 cm³/mol. The summed E-state index contributed by atoms with van der Waals surface area (Å²) in [5.41, 5.74) is 1.52. The van der Waals surface area contributed by atoms with Gasteiger partial charge in [-0.05, 0) is 19.1 Å². The molecule has 0 fully saturated rings. The van der Waals surface area contributed by atoms with Crippen LogP contribution in [0, 0.1) is 6.92 Å². The van der Waals surface area contributed by atoms with Crippen molar-refractivity contribution < 1.29 is 14.3 Å². The van der Waals surface area contributed by atoms with E-state index in [0.29, 0.717) is 28.7 Å². The maximum absolute atomic E-state index is 12.7. The molecule has 28 heavy (non-hydrogen) atoms. The molecule has 0 unspecified atom stereocenters. The second kappa shape index (κ2) is 8.39. The van der Waals surface area contributed by atoms with Crippen molar-refractivity contribution in [3.8, 4) is 22.9 Å². The van der Waals surface area contributed by atoms with Crippen molar-refractivity contribution in [2.75, 3.05) is 19.5 Å². The Morgan fingerprint density at radius 2 is 1.82 bits per heavy atom. The summed E-state index contributed by atoms with van der Waals surface area (Å²) in [6.07, 6.45) is 0. The second-order valence-corrected chi connectivity index (χ2v) is 6.13. The zero-order valence-electron chi connectivity index (χ0n) is 15.9. The molecular formula is C21H21N3O4. The number of carbonyl (C=O) groups is 1. The van der Waals surface area contributed by atoms with Crippen molar-refractivity contribution in [3.05, 3.63) is 70.6 Å². The number of nitrogens with zero attached hydrogens (tertiary/aromatic N) is 2. The minimum Gasteiger partial charge on any atom is -0.497 e. The Morgan fingerprint density at radius 3 is 2.50 bits per heavy atom. The van der Waals surface area contributed by atoms with E-state index >= 15 is 0 Å². The van der Waals surface area contributed by atoms with Gasteiger partial charge in [-0.3, -0.25) is 14.2 Å². The number of hydrogen-bond acceptors (Lipinski definition) is 5. The average Bonchev–Trinajstić information content (AvgIpc) is 2.70. The number of anilines is 1. The van der Waals surface area contributed by atoms with Crippen LogP contribution in [0.3, 0.4) is 0 Å². The molecule has 144 valence electrons. The standard InChI is InChI=1S/C21H21N3O4/c1-14-11-20(26)24(21(22-14)15-7-5-4-6-8-15)13-19(25)23-17-12-16(27-2)9-10-18(17)28-3/h4-12H,13H2,1-3H3,(H,23,25). The van der Waals surface area contributed by atoms with Crippen molar-refractivity contribution in [3.63, 3.8) is 0 Å². The zero-order chi connectivity index (χ0) is 20.1. The Kier molecular flexibility index (Phi) is 5.74. The van der Waals surface area contributed by atoms with Crippen LogP contribution >= 0.6 is 0 Å². The van der Waals surface area contributed by atoms with E-state index in [2.05, 4.69) is 10.3 Å². The zero-order valence-corrected chi connectivity index (χ0v) is 15.9. The number of methoxy groups -OCH3 is 2. The Balaban J connectivity index is 1.92. The first kappa shape index (κ1) is 19.2. The summed E-state index contributed by atoms with van der Waals surface area (Å²) in [5, 5.41) is 2.77. The van der Waals surface area contributed by atoms with Gasteiger partial charge in [-0.2, -0.15) is 0 Å². The summed E-state index contributed by atoms with van der Waals surface area (Å²) >= 11 is 0. The Hall–Kier alpha value is -3.61. The molecule has 0 saturated heterocycles. The summed E-state index contributed by atoms with van der Waals surface area (Å²) in [7, 11) is 3.05.